The van der Waals surface area contributed by atoms with E-state index >= 15 is 0 Å². The Labute approximate surface area is 163 Å². The molecule has 0 saturated heterocycles. The molecule has 2 aromatic carbocycles. The number of nitrogens with one attached hydrogen (secondary N) is 1. The first-order chi connectivity index (χ1) is 13.5. The molecule has 148 valence electrons. The SMILES string of the molecule is CCc1ccccc1C(C(=O)NCc1ccc(F)c(F)c1)N(C=O)CC1CC1. The van der Waals surface area contributed by atoms with E-state index in [2.05, 4.69) is 5.32 Å². The van der Waals surface area contributed by atoms with Crippen molar-refractivity contribution in [2.24, 2.45) is 5.92 Å². The Morgan fingerprint density at radius 3 is 2.61 bits per heavy atom. The largest absolute Gasteiger partial charge is 0.350 e. The highest BCUT2D eigenvalue weighted by atomic mass is 19.2. The maximum Gasteiger partial charge on any atom is 0.247 e. The third-order valence-corrected chi connectivity index (χ3v) is 5.06. The van der Waals surface area contributed by atoms with E-state index in [9.17, 15) is 18.4 Å². The Hall–Kier alpha value is -2.76. The molecule has 28 heavy (non-hydrogen) atoms. The summed E-state index contributed by atoms with van der Waals surface area (Å²) in [4.78, 5) is 26.4. The molecule has 0 radical (unpaired) electrons. The molecular weight excluding hydrogens is 362 g/mol. The van der Waals surface area contributed by atoms with Crippen LogP contribution in [0, 0.1) is 17.6 Å². The van der Waals surface area contributed by atoms with Crippen LogP contribution >= 0.6 is 0 Å². The monoisotopic (exact) mass is 386 g/mol. The summed E-state index contributed by atoms with van der Waals surface area (Å²) in [6.45, 7) is 2.59. The first-order valence-corrected chi connectivity index (χ1v) is 9.54. The average molecular weight is 386 g/mol. The van der Waals surface area contributed by atoms with Crippen LogP contribution in [0.4, 0.5) is 8.78 Å². The van der Waals surface area contributed by atoms with Gasteiger partial charge >= 0.3 is 0 Å². The van der Waals surface area contributed by atoms with Crippen molar-refractivity contribution in [2.45, 2.75) is 38.8 Å². The topological polar surface area (TPSA) is 49.4 Å². The molecule has 0 bridgehead atoms. The van der Waals surface area contributed by atoms with E-state index < -0.39 is 17.7 Å². The van der Waals surface area contributed by atoms with E-state index in [0.717, 1.165) is 48.9 Å². The van der Waals surface area contributed by atoms with Crippen LogP contribution in [0.5, 0.6) is 0 Å². The lowest BCUT2D eigenvalue weighted by Crippen LogP contribution is -2.41. The van der Waals surface area contributed by atoms with E-state index in [1.165, 1.54) is 6.07 Å². The van der Waals surface area contributed by atoms with Gasteiger partial charge in [-0.1, -0.05) is 37.3 Å². The first-order valence-electron chi connectivity index (χ1n) is 9.54. The summed E-state index contributed by atoms with van der Waals surface area (Å²) in [5.74, 6) is -1.79. The molecule has 2 aromatic rings. The number of amides is 2. The van der Waals surface area contributed by atoms with E-state index in [0.29, 0.717) is 18.0 Å². The number of hydrogen-bond donors (Lipinski definition) is 1. The van der Waals surface area contributed by atoms with Crippen molar-refractivity contribution in [3.05, 3.63) is 70.8 Å². The van der Waals surface area contributed by atoms with Crippen LogP contribution in [0.15, 0.2) is 42.5 Å². The van der Waals surface area contributed by atoms with Gasteiger partial charge < -0.3 is 10.2 Å². The fraction of sp³-hybridized carbons (Fsp3) is 0.364. The number of nitrogens with zero attached hydrogens (tertiary/aromatic N) is 1. The van der Waals surface area contributed by atoms with Gasteiger partial charge in [-0.25, -0.2) is 8.78 Å². The molecule has 0 heterocycles. The lowest BCUT2D eigenvalue weighted by Gasteiger charge is -2.29. The van der Waals surface area contributed by atoms with Gasteiger partial charge in [-0.2, -0.15) is 0 Å². The second kappa shape index (κ2) is 8.95. The fourth-order valence-corrected chi connectivity index (χ4v) is 3.34. The van der Waals surface area contributed by atoms with E-state index in [1.54, 1.807) is 4.90 Å². The molecule has 6 heteroatoms. The maximum absolute atomic E-state index is 13.4. The number of carbonyl (C=O) groups excluding carboxylic acids is 2. The van der Waals surface area contributed by atoms with Crippen LogP contribution in [0.1, 0.15) is 42.5 Å². The number of halogens is 2. The van der Waals surface area contributed by atoms with Crippen molar-refractivity contribution in [3.63, 3.8) is 0 Å². The Kier molecular flexibility index (Phi) is 6.39. The molecule has 1 saturated carbocycles. The van der Waals surface area contributed by atoms with Crippen molar-refractivity contribution < 1.29 is 18.4 Å². The normalized spacial score (nSPS) is 14.4. The summed E-state index contributed by atoms with van der Waals surface area (Å²) in [6.07, 6.45) is 3.58. The van der Waals surface area contributed by atoms with Gasteiger partial charge in [0.2, 0.25) is 12.3 Å². The summed E-state index contributed by atoms with van der Waals surface area (Å²) >= 11 is 0. The van der Waals surface area contributed by atoms with Crippen LogP contribution in [-0.2, 0) is 22.6 Å². The summed E-state index contributed by atoms with van der Waals surface area (Å²) < 4.78 is 26.5. The van der Waals surface area contributed by atoms with Gasteiger partial charge in [-0.3, -0.25) is 9.59 Å². The Balaban J connectivity index is 1.83. The molecular formula is C22H24F2N2O2. The third kappa shape index (κ3) is 4.74. The quantitative estimate of drug-likeness (QED) is 0.668. The van der Waals surface area contributed by atoms with Crippen LogP contribution in [-0.4, -0.2) is 23.8 Å². The van der Waals surface area contributed by atoms with Crippen molar-refractivity contribution in [3.8, 4) is 0 Å². The van der Waals surface area contributed by atoms with Gasteiger partial charge in [-0.05, 0) is 54.0 Å². The summed E-state index contributed by atoms with van der Waals surface area (Å²) in [5, 5.41) is 2.78. The van der Waals surface area contributed by atoms with Gasteiger partial charge in [0.1, 0.15) is 6.04 Å². The zero-order chi connectivity index (χ0) is 20.1. The molecule has 1 N–H and O–H groups in total. The highest BCUT2D eigenvalue weighted by molar-refractivity contribution is 5.85. The summed E-state index contributed by atoms with van der Waals surface area (Å²) in [7, 11) is 0. The Morgan fingerprint density at radius 2 is 1.96 bits per heavy atom. The predicted molar refractivity (Wildman–Crippen MR) is 102 cm³/mol. The van der Waals surface area contributed by atoms with Crippen LogP contribution in [0.25, 0.3) is 0 Å². The Morgan fingerprint density at radius 1 is 1.21 bits per heavy atom. The van der Waals surface area contributed by atoms with E-state index in [1.807, 2.05) is 31.2 Å². The third-order valence-electron chi connectivity index (χ3n) is 5.06. The van der Waals surface area contributed by atoms with Crippen LogP contribution < -0.4 is 5.32 Å². The van der Waals surface area contributed by atoms with Crippen LogP contribution in [0.2, 0.25) is 0 Å². The molecule has 0 aromatic heterocycles. The number of hydrogen-bond acceptors (Lipinski definition) is 2. The molecule has 1 unspecified atom stereocenters. The second-order valence-corrected chi connectivity index (χ2v) is 7.17. The molecule has 4 nitrogen and oxygen atoms in total. The number of carbonyl (C=O) groups is 2. The molecule has 2 amide bonds. The molecule has 1 aliphatic carbocycles. The zero-order valence-corrected chi connectivity index (χ0v) is 15.8. The van der Waals surface area contributed by atoms with E-state index in [-0.39, 0.29) is 12.5 Å². The summed E-state index contributed by atoms with van der Waals surface area (Å²) in [6, 6.07) is 10.3. The first kappa shape index (κ1) is 20.0. The lowest BCUT2D eigenvalue weighted by atomic mass is 9.96. The van der Waals surface area contributed by atoms with Crippen molar-refractivity contribution in [2.75, 3.05) is 6.54 Å². The number of rotatable bonds is 9. The lowest BCUT2D eigenvalue weighted by molar-refractivity contribution is -0.133. The van der Waals surface area contributed by atoms with Gasteiger partial charge in [-0.15, -0.1) is 0 Å². The number of benzene rings is 2. The van der Waals surface area contributed by atoms with E-state index in [4.69, 9.17) is 0 Å². The van der Waals surface area contributed by atoms with Gasteiger partial charge in [0.05, 0.1) is 0 Å². The average Bonchev–Trinajstić information content (AvgIpc) is 3.52. The second-order valence-electron chi connectivity index (χ2n) is 7.17. The van der Waals surface area contributed by atoms with Gasteiger partial charge in [0.25, 0.3) is 0 Å². The highest BCUT2D eigenvalue weighted by Gasteiger charge is 2.33. The zero-order valence-electron chi connectivity index (χ0n) is 15.8. The Bertz CT molecular complexity index is 852. The molecule has 1 fully saturated rings. The minimum absolute atomic E-state index is 0.0525. The molecule has 0 aliphatic heterocycles. The smallest absolute Gasteiger partial charge is 0.247 e. The van der Waals surface area contributed by atoms with Gasteiger partial charge in [0.15, 0.2) is 11.6 Å². The molecule has 3 rings (SSSR count). The van der Waals surface area contributed by atoms with Crippen molar-refractivity contribution in [1.82, 2.24) is 10.2 Å². The summed E-state index contributed by atoms with van der Waals surface area (Å²) in [5.41, 5.74) is 2.24. The number of aryl methyl sites for hydroxylation is 1. The highest BCUT2D eigenvalue weighted by Crippen LogP contribution is 2.33. The predicted octanol–water partition coefficient (Wildman–Crippen LogP) is 3.75. The molecule has 1 atom stereocenters. The fourth-order valence-electron chi connectivity index (χ4n) is 3.34. The minimum Gasteiger partial charge on any atom is -0.350 e. The molecule has 1 aliphatic rings. The van der Waals surface area contributed by atoms with Crippen molar-refractivity contribution >= 4 is 12.3 Å². The van der Waals surface area contributed by atoms with Gasteiger partial charge in [0, 0.05) is 13.1 Å². The molecule has 0 spiro atoms. The maximum atomic E-state index is 13.4. The van der Waals surface area contributed by atoms with Crippen LogP contribution in [0.3, 0.4) is 0 Å². The standard InChI is InChI=1S/C22H24F2N2O2/c1-2-17-5-3-4-6-18(17)21(26(14-27)13-15-7-8-15)22(28)25-12-16-9-10-19(23)20(24)11-16/h3-6,9-11,14-15,21H,2,7-8,12-13H2,1H3,(H,25,28). The van der Waals surface area contributed by atoms with Crippen molar-refractivity contribution in [1.29, 1.82) is 0 Å². The minimum atomic E-state index is -0.956.